The fourth-order valence-corrected chi connectivity index (χ4v) is 12.8. The van der Waals surface area contributed by atoms with Crippen LogP contribution in [0, 0.1) is 0 Å². The highest BCUT2D eigenvalue weighted by molar-refractivity contribution is 5.76. The molecule has 0 N–H and O–H groups in total. The Balaban J connectivity index is 0.000000104. The molecular weight excluding hydrogens is 1360 g/mol. The van der Waals surface area contributed by atoms with E-state index >= 15 is 0 Å². The second-order valence-electron chi connectivity index (χ2n) is 25.3. The molecule has 0 atom stereocenters. The second kappa shape index (κ2) is 37.9. The average molecular weight is 1430 g/mol. The van der Waals surface area contributed by atoms with E-state index in [0.29, 0.717) is 6.42 Å². The van der Waals surface area contributed by atoms with E-state index in [2.05, 4.69) is 221 Å². The van der Waals surface area contributed by atoms with Crippen LogP contribution in [0.5, 0.6) is 0 Å². The maximum atomic E-state index is 4.30. The van der Waals surface area contributed by atoms with Crippen molar-refractivity contribution in [1.29, 1.82) is 0 Å². The zero-order valence-electron chi connectivity index (χ0n) is 59.9. The lowest BCUT2D eigenvalue weighted by Gasteiger charge is -2.00. The summed E-state index contributed by atoms with van der Waals surface area (Å²) < 4.78 is 0. The Labute approximate surface area is 637 Å². The van der Waals surface area contributed by atoms with Crippen molar-refractivity contribution < 1.29 is 0 Å². The maximum absolute atomic E-state index is 4.30. The van der Waals surface area contributed by atoms with Gasteiger partial charge in [0.1, 0.15) is 49.5 Å². The molecule has 12 aromatic heterocycles. The van der Waals surface area contributed by atoms with Crippen molar-refractivity contribution >= 4 is 0 Å². The first-order chi connectivity index (χ1) is 54.6. The Hall–Kier alpha value is -14.7. The van der Waals surface area contributed by atoms with Crippen LogP contribution in [0.2, 0.25) is 0 Å². The highest BCUT2D eigenvalue weighted by atomic mass is 14.9. The van der Waals surface area contributed by atoms with Gasteiger partial charge in [-0.25, -0.2) is 69.8 Å². The largest absolute Gasteiger partial charge is 0.264 e. The summed E-state index contributed by atoms with van der Waals surface area (Å²) in [7, 11) is 0. The lowest BCUT2D eigenvalue weighted by Crippen LogP contribution is -1.96. The summed E-state index contributed by atoms with van der Waals surface area (Å²) in [6, 6.07) is 65.8. The first kappa shape index (κ1) is 72.3. The van der Waals surface area contributed by atoms with E-state index in [4.69, 9.17) is 0 Å². The van der Waals surface area contributed by atoms with E-state index in [-0.39, 0.29) is 0 Å². The summed E-state index contributed by atoms with van der Waals surface area (Å²) in [4.78, 5) is 82.2. The molecule has 0 saturated carbocycles. The van der Waals surface area contributed by atoms with Crippen LogP contribution >= 0.6 is 0 Å². The molecule has 0 bridgehead atoms. The zero-order valence-corrected chi connectivity index (χ0v) is 59.9. The third kappa shape index (κ3) is 19.6. The van der Waals surface area contributed by atoms with Crippen LogP contribution in [0.4, 0.5) is 0 Å². The van der Waals surface area contributed by atoms with E-state index in [9.17, 15) is 0 Å². The van der Waals surface area contributed by atoms with Crippen LogP contribution < -0.4 is 0 Å². The standard InChI is InChI=1S/C13H12.C12H9N.C11H8N2.2C10H7N3.C10H9N3.C9H6N4.C9H8N4.C6H6/c1-3-7-12(8-4-1)11-13-9-5-2-6-10-13;1-2-4-11-9(3-1)7-10-5-6-13-8-12(10)11;1-2-4-10-8(3-1)5-9-6-12-7-13-11(9)10;1-2-11-4-8-7(1)3-10-9(8)5-12-6-13-10;1-2-7-6-8-10(9(7)12-3-1)13-5-4-11-8;1-2-5-11-9(4-1)8-10-12-6-3-7-13-10;1-6-2-10-4-12-8(6)9-7(1)3-11-5-13-9;1(8-2-10-6-11-3-8)9-4-12-7-13-5-9;1-2-4-6-5-3-1/h1-10H,11H2;1-6,8H,7H2;1-4,6-7H,5H2;1-2,4-6H,3H2;1-5H,6H2;1-7H,8H2;2-5H,1H2;2-7H,1H2;1-6H. The normalized spacial score (nSPS) is 11.2. The third-order valence-corrected chi connectivity index (χ3v) is 17.9. The number of hydrogen-bond acceptors (Lipinski definition) is 20. The number of fused-ring (bicyclic) bond motifs is 15. The third-order valence-electron chi connectivity index (χ3n) is 17.9. The van der Waals surface area contributed by atoms with Gasteiger partial charge in [0.15, 0.2) is 0 Å². The second-order valence-corrected chi connectivity index (χ2v) is 25.3. The van der Waals surface area contributed by atoms with Gasteiger partial charge >= 0.3 is 0 Å². The predicted molar refractivity (Wildman–Crippen MR) is 423 cm³/mol. The van der Waals surface area contributed by atoms with Crippen LogP contribution in [0.3, 0.4) is 0 Å². The molecule has 0 aliphatic heterocycles. The van der Waals surface area contributed by atoms with Crippen molar-refractivity contribution in [3.05, 3.63) is 433 Å². The minimum Gasteiger partial charge on any atom is -0.264 e. The number of nitrogens with zero attached hydrogens (tertiary/aromatic N) is 20. The zero-order chi connectivity index (χ0) is 74.4. The Bertz CT molecular complexity index is 4650. The van der Waals surface area contributed by atoms with Gasteiger partial charge in [0.25, 0.3) is 0 Å². The van der Waals surface area contributed by atoms with Crippen LogP contribution in [0.1, 0.15) is 89.7 Å². The topological polar surface area (TPSA) is 258 Å². The Morgan fingerprint density at radius 3 is 1.24 bits per heavy atom. The fourth-order valence-electron chi connectivity index (χ4n) is 12.8. The fraction of sp³-hybridized carbons (Fsp3) is 0.0889. The SMILES string of the molecule is c1cc2c(cn1)-c1cncnc1C2.c1ccc(Cc2ccccc2)cc1.c1ccc(Cc2ncccn2)nc1.c1ccc2c(c1)Cc1ccncc1-2.c1ccc2c(c1)Cc1cncnc1-2.c1ccccc1.c1cnc2c(c1)Cc1nccnc1-2.c1ncc(Cc2cncnc2)cn1.c1ncc2c(n1)-c1ncncc1C2. The predicted octanol–water partition coefficient (Wildman–Crippen LogP) is 15.7. The van der Waals surface area contributed by atoms with Gasteiger partial charge in [0.2, 0.25) is 0 Å². The van der Waals surface area contributed by atoms with Crippen molar-refractivity contribution in [2.75, 3.05) is 0 Å². The maximum Gasteiger partial charge on any atom is 0.134 e. The van der Waals surface area contributed by atoms with Crippen molar-refractivity contribution in [2.24, 2.45) is 0 Å². The molecule has 20 heteroatoms. The van der Waals surface area contributed by atoms with E-state index in [1.807, 2.05) is 122 Å². The summed E-state index contributed by atoms with van der Waals surface area (Å²) in [5, 5.41) is 0. The lowest BCUT2D eigenvalue weighted by atomic mass is 10.1. The molecule has 0 radical (unpaired) electrons. The van der Waals surface area contributed by atoms with Gasteiger partial charge in [0, 0.05) is 195 Å². The quantitative estimate of drug-likeness (QED) is 0.150. The first-order valence-corrected chi connectivity index (χ1v) is 35.7. The smallest absolute Gasteiger partial charge is 0.134 e. The van der Waals surface area contributed by atoms with Gasteiger partial charge in [-0.2, -0.15) is 0 Å². The summed E-state index contributed by atoms with van der Waals surface area (Å²) >= 11 is 0. The highest BCUT2D eigenvalue weighted by Crippen LogP contribution is 2.37. The number of rotatable bonds is 6. The van der Waals surface area contributed by atoms with Crippen LogP contribution in [-0.2, 0) is 51.4 Å². The van der Waals surface area contributed by atoms with Gasteiger partial charge in [0.05, 0.1) is 34.2 Å². The molecule has 0 saturated heterocycles. The van der Waals surface area contributed by atoms with Gasteiger partial charge in [-0.1, -0.05) is 158 Å². The Kier molecular flexibility index (Phi) is 24.9. The highest BCUT2D eigenvalue weighted by Gasteiger charge is 2.24. The van der Waals surface area contributed by atoms with Crippen LogP contribution in [0.25, 0.3) is 56.3 Å². The minimum absolute atomic E-state index is 0.696. The Morgan fingerprint density at radius 1 is 0.191 bits per heavy atom. The molecule has 0 amide bonds. The molecule has 17 aromatic rings. The van der Waals surface area contributed by atoms with Gasteiger partial charge in [-0.15, -0.1) is 0 Å². The van der Waals surface area contributed by atoms with Crippen molar-refractivity contribution in [2.45, 2.75) is 51.4 Å². The molecule has 532 valence electrons. The van der Waals surface area contributed by atoms with Gasteiger partial charge in [-0.3, -0.25) is 29.9 Å². The average Bonchev–Trinajstić information content (AvgIpc) is 1.68. The van der Waals surface area contributed by atoms with E-state index in [1.54, 1.807) is 87.3 Å². The lowest BCUT2D eigenvalue weighted by molar-refractivity contribution is 0.935. The monoisotopic (exact) mass is 1430 g/mol. The first-order valence-electron chi connectivity index (χ1n) is 35.7. The minimum atomic E-state index is 0.696. The molecular formula is C90H72N20. The number of hydrogen-bond donors (Lipinski definition) is 0. The Morgan fingerprint density at radius 2 is 0.609 bits per heavy atom. The number of pyridine rings is 4. The molecule has 12 heterocycles. The molecule has 0 spiro atoms. The van der Waals surface area contributed by atoms with E-state index in [1.165, 1.54) is 79.4 Å². The van der Waals surface area contributed by atoms with Gasteiger partial charge < -0.3 is 0 Å². The summed E-state index contributed by atoms with van der Waals surface area (Å²) in [5.74, 6) is 0.807. The molecule has 0 unspecified atom stereocenters. The van der Waals surface area contributed by atoms with Gasteiger partial charge in [-0.05, 0) is 105 Å². The molecule has 20 nitrogen and oxygen atoms in total. The van der Waals surface area contributed by atoms with Crippen LogP contribution in [0.15, 0.2) is 344 Å². The molecule has 5 aliphatic rings. The summed E-state index contributed by atoms with van der Waals surface area (Å²) in [6.07, 6.45) is 49.1. The van der Waals surface area contributed by atoms with Crippen molar-refractivity contribution in [3.8, 4) is 56.3 Å². The van der Waals surface area contributed by atoms with Crippen molar-refractivity contribution in [3.63, 3.8) is 0 Å². The van der Waals surface area contributed by atoms with Crippen molar-refractivity contribution in [1.82, 2.24) is 99.7 Å². The molecule has 5 aliphatic carbocycles. The van der Waals surface area contributed by atoms with Crippen LogP contribution in [-0.4, -0.2) is 99.7 Å². The molecule has 22 rings (SSSR count). The van der Waals surface area contributed by atoms with E-state index < -0.39 is 0 Å². The molecule has 5 aromatic carbocycles. The molecule has 0 fully saturated rings. The molecule has 110 heavy (non-hydrogen) atoms. The summed E-state index contributed by atoms with van der Waals surface area (Å²) in [6.45, 7) is 0. The summed E-state index contributed by atoms with van der Waals surface area (Å²) in [5.41, 5.74) is 29.4. The van der Waals surface area contributed by atoms with E-state index in [0.717, 1.165) is 124 Å². The number of aromatic nitrogens is 20. The number of benzene rings is 5.